The molecule has 0 spiro atoms. The maximum atomic E-state index is 13.6. The van der Waals surface area contributed by atoms with Gasteiger partial charge in [-0.3, -0.25) is 38.4 Å². The lowest BCUT2D eigenvalue weighted by atomic mass is 9.92. The average Bonchev–Trinajstić information content (AvgIpc) is 0.862. The Labute approximate surface area is 618 Å². The highest BCUT2D eigenvalue weighted by Crippen LogP contribution is 2.26. The van der Waals surface area contributed by atoms with Crippen molar-refractivity contribution in [3.05, 3.63) is 0 Å². The Kier molecular flexibility index (Phi) is 68.4. The molecule has 0 aliphatic carbocycles. The van der Waals surface area contributed by atoms with E-state index in [-0.39, 0.29) is 100 Å². The number of carbonyl (C=O) groups excluding carboxylic acids is 8. The van der Waals surface area contributed by atoms with Gasteiger partial charge >= 0.3 is 47.8 Å². The lowest BCUT2D eigenvalue weighted by Gasteiger charge is -2.31. The summed E-state index contributed by atoms with van der Waals surface area (Å²) in [4.78, 5) is 102. The number of hydrogen-bond acceptors (Lipinski definition) is 16. The van der Waals surface area contributed by atoms with Crippen molar-refractivity contribution in [3.63, 3.8) is 0 Å². The first-order valence-electron chi connectivity index (χ1n) is 42.3. The van der Waals surface area contributed by atoms with Crippen molar-refractivity contribution in [3.8, 4) is 0 Å². The third-order valence-corrected chi connectivity index (χ3v) is 19.6. The molecule has 101 heavy (non-hydrogen) atoms. The van der Waals surface area contributed by atoms with Crippen molar-refractivity contribution >= 4 is 47.8 Å². The van der Waals surface area contributed by atoms with Gasteiger partial charge < -0.3 is 37.9 Å². The van der Waals surface area contributed by atoms with Gasteiger partial charge in [0.25, 0.3) is 0 Å². The molecule has 0 aromatic rings. The number of esters is 8. The highest BCUT2D eigenvalue weighted by Gasteiger charge is 2.38. The predicted octanol–water partition coefficient (Wildman–Crippen LogP) is 23.4. The fourth-order valence-electron chi connectivity index (χ4n) is 13.5. The number of ether oxygens (including phenoxy) is 8. The maximum absolute atomic E-state index is 13.6. The molecule has 0 N–H and O–H groups in total. The van der Waals surface area contributed by atoms with E-state index in [0.29, 0.717) is 25.7 Å². The van der Waals surface area contributed by atoms with Crippen molar-refractivity contribution in [2.75, 3.05) is 26.4 Å². The van der Waals surface area contributed by atoms with Crippen LogP contribution in [0.15, 0.2) is 0 Å². The van der Waals surface area contributed by atoms with Crippen LogP contribution in [0.2, 0.25) is 0 Å². The molecule has 4 atom stereocenters. The quantitative estimate of drug-likeness (QED) is 0.0315. The molecule has 0 radical (unpaired) electrons. The van der Waals surface area contributed by atoms with E-state index in [4.69, 9.17) is 37.9 Å². The topological polar surface area (TPSA) is 210 Å². The van der Waals surface area contributed by atoms with Crippen molar-refractivity contribution in [2.24, 2.45) is 5.41 Å². The van der Waals surface area contributed by atoms with Crippen LogP contribution < -0.4 is 0 Å². The minimum Gasteiger partial charge on any atom is -0.465 e. The van der Waals surface area contributed by atoms with Crippen molar-refractivity contribution in [2.45, 2.75) is 465 Å². The normalized spacial score (nSPS) is 13.1. The lowest BCUT2D eigenvalue weighted by molar-refractivity contribution is -0.171. The molecule has 0 saturated heterocycles. The van der Waals surface area contributed by atoms with Gasteiger partial charge in [-0.15, -0.1) is 0 Å². The molecule has 0 saturated carbocycles. The summed E-state index contributed by atoms with van der Waals surface area (Å²) in [6, 6.07) is 0. The van der Waals surface area contributed by atoms with Gasteiger partial charge in [0.1, 0.15) is 56.3 Å². The van der Waals surface area contributed by atoms with Crippen LogP contribution in [0.1, 0.15) is 441 Å². The summed E-state index contributed by atoms with van der Waals surface area (Å²) in [5.74, 6) is -2.76. The molecular formula is C85H156O16. The zero-order valence-electron chi connectivity index (χ0n) is 66.6. The summed E-state index contributed by atoms with van der Waals surface area (Å²) in [5, 5.41) is 0. The molecule has 0 bridgehead atoms. The first-order valence-corrected chi connectivity index (χ1v) is 42.3. The summed E-state index contributed by atoms with van der Waals surface area (Å²) >= 11 is 0. The van der Waals surface area contributed by atoms with E-state index in [9.17, 15) is 38.4 Å². The Morgan fingerprint density at radius 1 is 0.208 bits per heavy atom. The fraction of sp³-hybridized carbons (Fsp3) is 0.906. The fourth-order valence-corrected chi connectivity index (χ4v) is 13.5. The van der Waals surface area contributed by atoms with E-state index in [2.05, 4.69) is 27.7 Å². The number of rotatable bonds is 76. The zero-order valence-corrected chi connectivity index (χ0v) is 66.6. The van der Waals surface area contributed by atoms with E-state index < -0.39 is 29.3 Å². The summed E-state index contributed by atoms with van der Waals surface area (Å²) < 4.78 is 46.7. The smallest absolute Gasteiger partial charge is 0.305 e. The van der Waals surface area contributed by atoms with Gasteiger partial charge in [0.15, 0.2) is 0 Å². The monoisotopic (exact) mass is 1430 g/mol. The molecule has 4 unspecified atom stereocenters. The largest absolute Gasteiger partial charge is 0.465 e. The molecule has 0 heterocycles. The van der Waals surface area contributed by atoms with Gasteiger partial charge in [-0.1, -0.05) is 259 Å². The number of carbonyl (C=O) groups is 8. The average molecular weight is 1430 g/mol. The van der Waals surface area contributed by atoms with Crippen LogP contribution in [0.5, 0.6) is 0 Å². The van der Waals surface area contributed by atoms with Crippen LogP contribution >= 0.6 is 0 Å². The first kappa shape index (κ1) is 96.8. The number of unbranched alkanes of at least 4 members (excludes halogenated alkanes) is 40. The molecule has 0 aromatic heterocycles. The van der Waals surface area contributed by atoms with Gasteiger partial charge in [-0.05, 0) is 128 Å². The van der Waals surface area contributed by atoms with E-state index in [1.807, 2.05) is 0 Å². The Hall–Kier alpha value is -4.24. The second-order valence-corrected chi connectivity index (χ2v) is 29.9. The molecule has 0 aliphatic heterocycles. The van der Waals surface area contributed by atoms with Gasteiger partial charge in [0.05, 0.1) is 0 Å². The summed E-state index contributed by atoms with van der Waals surface area (Å²) in [6.45, 7) is 13.6. The summed E-state index contributed by atoms with van der Waals surface area (Å²) in [7, 11) is 0. The second-order valence-electron chi connectivity index (χ2n) is 29.9. The van der Waals surface area contributed by atoms with Gasteiger partial charge in [0, 0.05) is 53.4 Å². The van der Waals surface area contributed by atoms with Gasteiger partial charge in [-0.25, -0.2) is 0 Å². The lowest BCUT2D eigenvalue weighted by Crippen LogP contribution is -2.44. The second kappa shape index (κ2) is 71.4. The minimum atomic E-state index is -1.38. The van der Waals surface area contributed by atoms with Crippen LogP contribution in [-0.2, 0) is 76.3 Å². The molecule has 0 rings (SSSR count). The van der Waals surface area contributed by atoms with Crippen molar-refractivity contribution in [1.29, 1.82) is 0 Å². The van der Waals surface area contributed by atoms with E-state index >= 15 is 0 Å². The predicted molar refractivity (Wildman–Crippen MR) is 408 cm³/mol. The standard InChI is InChI=1S/C85H156O16/c1-9-13-17-21-25-33-45-57-77(98-73(5)86)61-49-37-29-41-53-65-81(90)94-69-85(70-95-82(91)66-54-42-30-38-50-62-78(99-74(6)87)58-46-34-26-22-18-14-10-2,71-96-83(92)67-55-43-31-39-51-63-79(100-75(7)88)59-47-35-27-23-19-15-11-3)72-97-84(93)68-56-44-32-40-52-64-80(101-76(8)89)60-48-36-28-24-20-16-12-4/h77-80H,9-72H2,1-8H3. The van der Waals surface area contributed by atoms with E-state index in [1.165, 1.54) is 156 Å². The summed E-state index contributed by atoms with van der Waals surface area (Å²) in [5.41, 5.74) is -1.38. The highest BCUT2D eigenvalue weighted by molar-refractivity contribution is 5.71. The van der Waals surface area contributed by atoms with Crippen LogP contribution in [0, 0.1) is 5.41 Å². The first-order chi connectivity index (χ1) is 49.0. The molecule has 592 valence electrons. The van der Waals surface area contributed by atoms with Crippen LogP contribution in [0.4, 0.5) is 0 Å². The van der Waals surface area contributed by atoms with E-state index in [1.54, 1.807) is 0 Å². The van der Waals surface area contributed by atoms with Crippen LogP contribution in [-0.4, -0.2) is 98.6 Å². The maximum Gasteiger partial charge on any atom is 0.305 e. The molecule has 0 aromatic carbocycles. The number of hydrogen-bond donors (Lipinski definition) is 0. The Bertz CT molecular complexity index is 1710. The minimum absolute atomic E-state index is 0.0743. The highest BCUT2D eigenvalue weighted by atomic mass is 16.6. The summed E-state index contributed by atoms with van der Waals surface area (Å²) in [6.07, 6.45) is 57.6. The van der Waals surface area contributed by atoms with Crippen LogP contribution in [0.25, 0.3) is 0 Å². The third kappa shape index (κ3) is 67.4. The third-order valence-electron chi connectivity index (χ3n) is 19.6. The SMILES string of the molecule is CCCCCCCCCC(CCCCCCCC(=O)OCC(COC(=O)CCCCCCCC(CCCCCCCCC)OC(C)=O)(COC(=O)CCCCCCCC(CCCCCCCCC)OC(C)=O)COC(=O)CCCCCCCC(CCCCCCCCC)OC(C)=O)OC(C)=O. The zero-order chi connectivity index (χ0) is 74.3. The van der Waals surface area contributed by atoms with Crippen molar-refractivity contribution in [1.82, 2.24) is 0 Å². The molecule has 0 fully saturated rings. The molecule has 16 nitrogen and oxygen atoms in total. The van der Waals surface area contributed by atoms with Crippen molar-refractivity contribution < 1.29 is 76.3 Å². The van der Waals surface area contributed by atoms with Crippen LogP contribution in [0.3, 0.4) is 0 Å². The Balaban J connectivity index is 6.10. The molecule has 0 aliphatic rings. The molecule has 16 heteroatoms. The van der Waals surface area contributed by atoms with E-state index in [0.717, 1.165) is 205 Å². The Morgan fingerprint density at radius 2 is 0.347 bits per heavy atom. The van der Waals surface area contributed by atoms with Gasteiger partial charge in [-0.2, -0.15) is 0 Å². The molecule has 0 amide bonds. The van der Waals surface area contributed by atoms with Gasteiger partial charge in [0.2, 0.25) is 0 Å². The Morgan fingerprint density at radius 3 is 0.495 bits per heavy atom. The molecular weight excluding hydrogens is 1280 g/mol.